The van der Waals surface area contributed by atoms with Gasteiger partial charge in [-0.2, -0.15) is 0 Å². The fourth-order valence-corrected chi connectivity index (χ4v) is 3.41. The summed E-state index contributed by atoms with van der Waals surface area (Å²) in [6, 6.07) is 3.37. The van der Waals surface area contributed by atoms with Gasteiger partial charge in [-0.1, -0.05) is 25.4 Å². The summed E-state index contributed by atoms with van der Waals surface area (Å²) in [6.07, 6.45) is 0. The Balaban J connectivity index is 3.28. The zero-order chi connectivity index (χ0) is 14.8. The SMILES string of the molecule is CC(C)CN(C)S(=O)(=O)c1cc([N+](=O)[O-])ccc1Cl. The summed E-state index contributed by atoms with van der Waals surface area (Å²) in [5.74, 6) is 0.136. The molecule has 8 heteroatoms. The van der Waals surface area contributed by atoms with Gasteiger partial charge in [-0.05, 0) is 12.0 Å². The molecule has 0 N–H and O–H groups in total. The van der Waals surface area contributed by atoms with Crippen LogP contribution >= 0.6 is 11.6 Å². The van der Waals surface area contributed by atoms with Crippen molar-refractivity contribution in [3.05, 3.63) is 33.3 Å². The highest BCUT2D eigenvalue weighted by Crippen LogP contribution is 2.28. The highest BCUT2D eigenvalue weighted by atomic mass is 35.5. The molecule has 0 saturated carbocycles. The van der Waals surface area contributed by atoms with Gasteiger partial charge in [0, 0.05) is 25.7 Å². The summed E-state index contributed by atoms with van der Waals surface area (Å²) in [5.41, 5.74) is -0.305. The zero-order valence-electron chi connectivity index (χ0n) is 10.8. The standard InChI is InChI=1S/C11H15ClN2O4S/c1-8(2)7-13(3)19(17,18)11-6-9(14(15)16)4-5-10(11)12/h4-6,8H,7H2,1-3H3. The van der Waals surface area contributed by atoms with E-state index in [1.54, 1.807) is 0 Å². The number of sulfonamides is 1. The molecule has 0 saturated heterocycles. The Kier molecular flexibility index (Phi) is 4.89. The summed E-state index contributed by atoms with van der Waals surface area (Å²) >= 11 is 5.84. The Bertz CT molecular complexity index is 586. The monoisotopic (exact) mass is 306 g/mol. The van der Waals surface area contributed by atoms with Gasteiger partial charge >= 0.3 is 0 Å². The fourth-order valence-electron chi connectivity index (χ4n) is 1.58. The van der Waals surface area contributed by atoms with Gasteiger partial charge in [-0.15, -0.1) is 0 Å². The van der Waals surface area contributed by atoms with E-state index in [9.17, 15) is 18.5 Å². The van der Waals surface area contributed by atoms with Crippen LogP contribution in [0.4, 0.5) is 5.69 Å². The highest BCUT2D eigenvalue weighted by Gasteiger charge is 2.26. The molecule has 0 bridgehead atoms. The molecular weight excluding hydrogens is 292 g/mol. The predicted molar refractivity (Wildman–Crippen MR) is 72.8 cm³/mol. The van der Waals surface area contributed by atoms with Gasteiger partial charge in [-0.25, -0.2) is 12.7 Å². The molecule has 0 fully saturated rings. The van der Waals surface area contributed by atoms with Crippen LogP contribution in [0, 0.1) is 16.0 Å². The van der Waals surface area contributed by atoms with Crippen LogP contribution in [-0.2, 0) is 10.0 Å². The average Bonchev–Trinajstić information content (AvgIpc) is 2.27. The van der Waals surface area contributed by atoms with E-state index in [0.29, 0.717) is 6.54 Å². The molecule has 1 aromatic rings. The van der Waals surface area contributed by atoms with Crippen molar-refractivity contribution in [1.29, 1.82) is 0 Å². The van der Waals surface area contributed by atoms with E-state index >= 15 is 0 Å². The summed E-state index contributed by atoms with van der Waals surface area (Å²) in [7, 11) is -2.40. The maximum absolute atomic E-state index is 12.3. The van der Waals surface area contributed by atoms with Crippen molar-refractivity contribution < 1.29 is 13.3 Å². The minimum Gasteiger partial charge on any atom is -0.258 e. The predicted octanol–water partition coefficient (Wildman–Crippen LogP) is 2.52. The van der Waals surface area contributed by atoms with E-state index in [-0.39, 0.29) is 21.5 Å². The van der Waals surface area contributed by atoms with Crippen LogP contribution in [0.15, 0.2) is 23.1 Å². The summed E-state index contributed by atoms with van der Waals surface area (Å²) in [6.45, 7) is 4.06. The van der Waals surface area contributed by atoms with Gasteiger partial charge in [0.05, 0.1) is 9.95 Å². The fraction of sp³-hybridized carbons (Fsp3) is 0.455. The molecule has 0 aromatic heterocycles. The lowest BCUT2D eigenvalue weighted by Crippen LogP contribution is -2.30. The van der Waals surface area contributed by atoms with Gasteiger partial charge in [0.15, 0.2) is 0 Å². The third kappa shape index (κ3) is 3.65. The van der Waals surface area contributed by atoms with Crippen LogP contribution in [0.2, 0.25) is 5.02 Å². The molecule has 0 aliphatic carbocycles. The molecule has 6 nitrogen and oxygen atoms in total. The number of halogens is 1. The molecular formula is C11H15ClN2O4S. The molecule has 0 heterocycles. The van der Waals surface area contributed by atoms with Crippen LogP contribution in [0.5, 0.6) is 0 Å². The van der Waals surface area contributed by atoms with Gasteiger partial charge in [0.1, 0.15) is 4.90 Å². The van der Waals surface area contributed by atoms with Crippen molar-refractivity contribution >= 4 is 27.3 Å². The normalized spacial score (nSPS) is 12.1. The Morgan fingerprint density at radius 2 is 2.00 bits per heavy atom. The third-order valence-electron chi connectivity index (χ3n) is 2.44. The maximum Gasteiger partial charge on any atom is 0.270 e. The first-order valence-corrected chi connectivity index (χ1v) is 7.38. The number of nitrogens with zero attached hydrogens (tertiary/aromatic N) is 2. The molecule has 1 rings (SSSR count). The van der Waals surface area contributed by atoms with Gasteiger partial charge in [0.25, 0.3) is 5.69 Å². The molecule has 0 unspecified atom stereocenters. The van der Waals surface area contributed by atoms with Crippen LogP contribution in [0.3, 0.4) is 0 Å². The first-order chi connectivity index (χ1) is 8.66. The van der Waals surface area contributed by atoms with Crippen molar-refractivity contribution in [2.45, 2.75) is 18.7 Å². The second kappa shape index (κ2) is 5.85. The molecule has 0 aliphatic heterocycles. The first-order valence-electron chi connectivity index (χ1n) is 5.56. The van der Waals surface area contributed by atoms with Crippen molar-refractivity contribution in [3.63, 3.8) is 0 Å². The van der Waals surface area contributed by atoms with Crippen molar-refractivity contribution in [2.75, 3.05) is 13.6 Å². The molecule has 0 atom stereocenters. The third-order valence-corrected chi connectivity index (χ3v) is 4.74. The molecule has 106 valence electrons. The lowest BCUT2D eigenvalue weighted by molar-refractivity contribution is -0.385. The highest BCUT2D eigenvalue weighted by molar-refractivity contribution is 7.89. The Hall–Kier alpha value is -1.18. The molecule has 0 spiro atoms. The first kappa shape index (κ1) is 15.9. The quantitative estimate of drug-likeness (QED) is 0.618. The van der Waals surface area contributed by atoms with E-state index in [1.807, 2.05) is 13.8 Å². The van der Waals surface area contributed by atoms with E-state index in [2.05, 4.69) is 0 Å². The Morgan fingerprint density at radius 3 is 2.47 bits per heavy atom. The number of nitro groups is 1. The van der Waals surface area contributed by atoms with E-state index in [0.717, 1.165) is 10.4 Å². The molecule has 19 heavy (non-hydrogen) atoms. The Morgan fingerprint density at radius 1 is 1.42 bits per heavy atom. The van der Waals surface area contributed by atoms with Crippen molar-refractivity contribution in [3.8, 4) is 0 Å². The second-order valence-corrected chi connectivity index (χ2v) is 6.97. The zero-order valence-corrected chi connectivity index (χ0v) is 12.4. The summed E-state index contributed by atoms with van der Waals surface area (Å²) in [5, 5.41) is 10.7. The van der Waals surface area contributed by atoms with E-state index in [1.165, 1.54) is 19.2 Å². The van der Waals surface area contributed by atoms with Gasteiger partial charge in [0.2, 0.25) is 10.0 Å². The summed E-state index contributed by atoms with van der Waals surface area (Å²) < 4.78 is 25.7. The summed E-state index contributed by atoms with van der Waals surface area (Å²) in [4.78, 5) is 9.79. The van der Waals surface area contributed by atoms with E-state index in [4.69, 9.17) is 11.6 Å². The lowest BCUT2D eigenvalue weighted by atomic mass is 10.2. The molecule has 0 amide bonds. The van der Waals surface area contributed by atoms with Crippen molar-refractivity contribution in [2.24, 2.45) is 5.92 Å². The second-order valence-electron chi connectivity index (χ2n) is 4.55. The van der Waals surface area contributed by atoms with E-state index < -0.39 is 14.9 Å². The van der Waals surface area contributed by atoms with Gasteiger partial charge < -0.3 is 0 Å². The van der Waals surface area contributed by atoms with Crippen molar-refractivity contribution in [1.82, 2.24) is 4.31 Å². The minimum absolute atomic E-state index is 0.0267. The topological polar surface area (TPSA) is 80.5 Å². The van der Waals surface area contributed by atoms with Gasteiger partial charge in [-0.3, -0.25) is 10.1 Å². The lowest BCUT2D eigenvalue weighted by Gasteiger charge is -2.19. The smallest absolute Gasteiger partial charge is 0.258 e. The molecule has 1 aromatic carbocycles. The van der Waals surface area contributed by atoms with Crippen LogP contribution < -0.4 is 0 Å². The Labute approximate surface area is 117 Å². The van der Waals surface area contributed by atoms with Crippen LogP contribution in [0.1, 0.15) is 13.8 Å². The van der Waals surface area contributed by atoms with Crippen LogP contribution in [-0.4, -0.2) is 31.2 Å². The number of hydrogen-bond acceptors (Lipinski definition) is 4. The number of rotatable bonds is 5. The largest absolute Gasteiger partial charge is 0.270 e. The maximum atomic E-state index is 12.3. The number of non-ortho nitro benzene ring substituents is 1. The average molecular weight is 307 g/mol. The molecule has 0 radical (unpaired) electrons. The number of benzene rings is 1. The number of hydrogen-bond donors (Lipinski definition) is 0. The van der Waals surface area contributed by atoms with Crippen LogP contribution in [0.25, 0.3) is 0 Å². The molecule has 0 aliphatic rings. The number of nitro benzene ring substituents is 1. The minimum atomic E-state index is -3.82.